The van der Waals surface area contributed by atoms with E-state index >= 15 is 0 Å². The normalized spacial score (nSPS) is 10.6. The Morgan fingerprint density at radius 3 is 3.00 bits per heavy atom. The van der Waals surface area contributed by atoms with Crippen LogP contribution in [0.3, 0.4) is 0 Å². The Kier molecular flexibility index (Phi) is 2.95. The summed E-state index contributed by atoms with van der Waals surface area (Å²) < 4.78 is 7.63. The molecule has 0 saturated carbocycles. The number of isothiocyanates is 1. The molecule has 0 atom stereocenters. The zero-order valence-electron chi connectivity index (χ0n) is 9.92. The molecule has 2 aromatic heterocycles. The van der Waals surface area contributed by atoms with Crippen LogP contribution in [0.2, 0.25) is 5.02 Å². The van der Waals surface area contributed by atoms with Gasteiger partial charge in [-0.05, 0) is 36.5 Å². The summed E-state index contributed by atoms with van der Waals surface area (Å²) in [4.78, 5) is 8.33. The molecule has 6 heteroatoms. The van der Waals surface area contributed by atoms with Crippen LogP contribution in [0, 0.1) is 0 Å². The van der Waals surface area contributed by atoms with Gasteiger partial charge in [-0.1, -0.05) is 11.6 Å². The number of benzene rings is 1. The molecule has 0 amide bonds. The second kappa shape index (κ2) is 4.63. The van der Waals surface area contributed by atoms with E-state index < -0.39 is 0 Å². The standard InChI is InChI=1S/C13H8ClN3OS/c1-17-4-2-3-11(17)13-16-10-6-8(15-7-19)5-9(14)12(10)18-13/h2-6H,1H3. The second-order valence-corrected chi connectivity index (χ2v) is 4.59. The minimum atomic E-state index is 0.453. The van der Waals surface area contributed by atoms with Gasteiger partial charge in [0.15, 0.2) is 5.58 Å². The van der Waals surface area contributed by atoms with Crippen molar-refractivity contribution < 1.29 is 4.42 Å². The summed E-state index contributed by atoms with van der Waals surface area (Å²) in [6.07, 6.45) is 1.92. The third-order valence-electron chi connectivity index (χ3n) is 2.77. The lowest BCUT2D eigenvalue weighted by molar-refractivity contribution is 0.612. The van der Waals surface area contributed by atoms with Crippen LogP contribution in [0.5, 0.6) is 0 Å². The quantitative estimate of drug-likeness (QED) is 0.524. The molecular weight excluding hydrogens is 282 g/mol. The molecule has 3 aromatic rings. The van der Waals surface area contributed by atoms with Crippen molar-refractivity contribution in [3.8, 4) is 11.6 Å². The highest BCUT2D eigenvalue weighted by atomic mass is 35.5. The molecule has 0 fully saturated rings. The Labute approximate surface area is 119 Å². The summed E-state index contributed by atoms with van der Waals surface area (Å²) in [6.45, 7) is 0. The van der Waals surface area contributed by atoms with Crippen molar-refractivity contribution in [3.05, 3.63) is 35.5 Å². The molecule has 0 saturated heterocycles. The molecule has 0 aliphatic heterocycles. The average molecular weight is 290 g/mol. The van der Waals surface area contributed by atoms with E-state index in [1.807, 2.05) is 29.9 Å². The number of oxazole rings is 1. The topological polar surface area (TPSA) is 43.3 Å². The molecule has 19 heavy (non-hydrogen) atoms. The molecule has 1 aromatic carbocycles. The largest absolute Gasteiger partial charge is 0.433 e. The van der Waals surface area contributed by atoms with Gasteiger partial charge in [-0.2, -0.15) is 4.99 Å². The fourth-order valence-corrected chi connectivity index (χ4v) is 2.24. The first-order valence-electron chi connectivity index (χ1n) is 5.48. The zero-order chi connectivity index (χ0) is 13.4. The first-order chi connectivity index (χ1) is 9.19. The molecule has 0 bridgehead atoms. The van der Waals surface area contributed by atoms with Crippen LogP contribution in [0.15, 0.2) is 39.9 Å². The highest BCUT2D eigenvalue weighted by Crippen LogP contribution is 2.32. The fraction of sp³-hybridized carbons (Fsp3) is 0.0769. The molecule has 94 valence electrons. The molecule has 4 nitrogen and oxygen atoms in total. The van der Waals surface area contributed by atoms with Gasteiger partial charge in [0.1, 0.15) is 11.2 Å². The van der Waals surface area contributed by atoms with Crippen molar-refractivity contribution in [1.29, 1.82) is 0 Å². The van der Waals surface area contributed by atoms with Crippen molar-refractivity contribution in [3.63, 3.8) is 0 Å². The number of nitrogens with zero attached hydrogens (tertiary/aromatic N) is 3. The summed E-state index contributed by atoms with van der Waals surface area (Å²) in [6, 6.07) is 7.28. The minimum absolute atomic E-state index is 0.453. The molecular formula is C13H8ClN3OS. The Morgan fingerprint density at radius 2 is 2.32 bits per heavy atom. The Balaban J connectivity index is 2.23. The van der Waals surface area contributed by atoms with Crippen molar-refractivity contribution in [2.24, 2.45) is 12.0 Å². The van der Waals surface area contributed by atoms with Crippen LogP contribution in [-0.4, -0.2) is 14.7 Å². The van der Waals surface area contributed by atoms with Gasteiger partial charge >= 0.3 is 0 Å². The van der Waals surface area contributed by atoms with Gasteiger partial charge in [0, 0.05) is 13.2 Å². The first-order valence-corrected chi connectivity index (χ1v) is 6.27. The van der Waals surface area contributed by atoms with Gasteiger partial charge < -0.3 is 8.98 Å². The predicted molar refractivity (Wildman–Crippen MR) is 78.1 cm³/mol. The number of aromatic nitrogens is 2. The molecule has 0 aliphatic rings. The van der Waals surface area contributed by atoms with Crippen molar-refractivity contribution in [1.82, 2.24) is 9.55 Å². The lowest BCUT2D eigenvalue weighted by Gasteiger charge is -1.96. The number of hydrogen-bond donors (Lipinski definition) is 0. The molecule has 0 aliphatic carbocycles. The lowest BCUT2D eigenvalue weighted by Crippen LogP contribution is -1.88. The number of halogens is 1. The van der Waals surface area contributed by atoms with Gasteiger partial charge in [0.25, 0.3) is 0 Å². The summed E-state index contributed by atoms with van der Waals surface area (Å²) in [5.74, 6) is 0.521. The number of aryl methyl sites for hydroxylation is 1. The second-order valence-electron chi connectivity index (χ2n) is 4.00. The van der Waals surface area contributed by atoms with Gasteiger partial charge in [-0.3, -0.25) is 0 Å². The Morgan fingerprint density at radius 1 is 1.47 bits per heavy atom. The van der Waals surface area contributed by atoms with E-state index in [2.05, 4.69) is 27.4 Å². The number of rotatable bonds is 2. The Bertz CT molecular complexity index is 815. The van der Waals surface area contributed by atoms with Crippen LogP contribution in [-0.2, 0) is 7.05 Å². The summed E-state index contributed by atoms with van der Waals surface area (Å²) in [5.41, 5.74) is 2.68. The molecule has 0 spiro atoms. The summed E-state index contributed by atoms with van der Waals surface area (Å²) in [7, 11) is 1.92. The van der Waals surface area contributed by atoms with Gasteiger partial charge in [-0.15, -0.1) is 0 Å². The smallest absolute Gasteiger partial charge is 0.244 e. The van der Waals surface area contributed by atoms with E-state index in [4.69, 9.17) is 16.0 Å². The highest BCUT2D eigenvalue weighted by molar-refractivity contribution is 7.78. The van der Waals surface area contributed by atoms with Crippen LogP contribution >= 0.6 is 23.8 Å². The van der Waals surface area contributed by atoms with E-state index in [-0.39, 0.29) is 0 Å². The number of aliphatic imine (C=N–C) groups is 1. The third kappa shape index (κ3) is 2.08. The molecule has 0 unspecified atom stereocenters. The van der Waals surface area contributed by atoms with Crippen molar-refractivity contribution in [2.45, 2.75) is 0 Å². The van der Waals surface area contributed by atoms with E-state index in [0.717, 1.165) is 5.69 Å². The number of thiocarbonyl (C=S) groups is 1. The monoisotopic (exact) mass is 289 g/mol. The SMILES string of the molecule is Cn1cccc1-c1nc2cc(N=C=S)cc(Cl)c2o1. The van der Waals surface area contributed by atoms with Gasteiger partial charge in [0.2, 0.25) is 5.89 Å². The van der Waals surface area contributed by atoms with Gasteiger partial charge in [0.05, 0.1) is 15.9 Å². The molecule has 0 radical (unpaired) electrons. The van der Waals surface area contributed by atoms with Crippen LogP contribution < -0.4 is 0 Å². The maximum atomic E-state index is 6.15. The van der Waals surface area contributed by atoms with Crippen molar-refractivity contribution in [2.75, 3.05) is 0 Å². The Hall–Kier alpha value is -1.94. The van der Waals surface area contributed by atoms with Crippen LogP contribution in [0.25, 0.3) is 22.7 Å². The van der Waals surface area contributed by atoms with E-state index in [0.29, 0.717) is 27.7 Å². The third-order valence-corrected chi connectivity index (χ3v) is 3.14. The highest BCUT2D eigenvalue weighted by Gasteiger charge is 2.13. The summed E-state index contributed by atoms with van der Waals surface area (Å²) in [5, 5.41) is 2.76. The van der Waals surface area contributed by atoms with Crippen LogP contribution in [0.1, 0.15) is 0 Å². The maximum Gasteiger partial charge on any atom is 0.244 e. The predicted octanol–water partition coefficient (Wildman–Crippen LogP) is 4.22. The first kappa shape index (κ1) is 12.1. The summed E-state index contributed by atoms with van der Waals surface area (Å²) >= 11 is 10.7. The number of fused-ring (bicyclic) bond motifs is 1. The minimum Gasteiger partial charge on any atom is -0.433 e. The lowest BCUT2D eigenvalue weighted by atomic mass is 10.3. The average Bonchev–Trinajstić information content (AvgIpc) is 2.95. The van der Waals surface area contributed by atoms with Crippen molar-refractivity contribution >= 4 is 45.8 Å². The van der Waals surface area contributed by atoms with E-state index in [1.165, 1.54) is 0 Å². The molecule has 0 N–H and O–H groups in total. The molecule has 3 rings (SSSR count). The van der Waals surface area contributed by atoms with Gasteiger partial charge in [-0.25, -0.2) is 4.98 Å². The van der Waals surface area contributed by atoms with E-state index in [9.17, 15) is 0 Å². The maximum absolute atomic E-state index is 6.15. The molecule has 2 heterocycles. The zero-order valence-corrected chi connectivity index (χ0v) is 11.5. The van der Waals surface area contributed by atoms with Crippen LogP contribution in [0.4, 0.5) is 5.69 Å². The fourth-order valence-electron chi connectivity index (χ4n) is 1.89. The number of hydrogen-bond acceptors (Lipinski definition) is 4. The van der Waals surface area contributed by atoms with E-state index in [1.54, 1.807) is 12.1 Å².